The Balaban J connectivity index is 2.18. The lowest BCUT2D eigenvalue weighted by molar-refractivity contribution is -0.141. The minimum atomic E-state index is -3.57. The zero-order valence-corrected chi connectivity index (χ0v) is 23.0. The van der Waals surface area contributed by atoms with Crippen molar-refractivity contribution >= 4 is 50.7 Å². The molecule has 0 saturated heterocycles. The van der Waals surface area contributed by atoms with Gasteiger partial charge in [0.1, 0.15) is 6.04 Å². The first kappa shape index (κ1) is 28.9. The molecule has 0 spiro atoms. The van der Waals surface area contributed by atoms with Crippen LogP contribution in [0.1, 0.15) is 46.1 Å². The molecule has 35 heavy (non-hydrogen) atoms. The predicted molar refractivity (Wildman–Crippen MR) is 142 cm³/mol. The van der Waals surface area contributed by atoms with Crippen molar-refractivity contribution in [2.45, 2.75) is 58.7 Å². The van der Waals surface area contributed by atoms with Gasteiger partial charge in [-0.05, 0) is 76.1 Å². The van der Waals surface area contributed by atoms with Crippen LogP contribution in [0.25, 0.3) is 0 Å². The molecular weight excluding hydrogens is 509 g/mol. The number of halogens is 2. The molecule has 1 N–H and O–H groups in total. The molecule has 0 fully saturated rings. The summed E-state index contributed by atoms with van der Waals surface area (Å²) in [5.41, 5.74) is 0.809. The van der Waals surface area contributed by atoms with Gasteiger partial charge in [-0.3, -0.25) is 13.9 Å². The minimum absolute atomic E-state index is 0.0628. The first-order valence-electron chi connectivity index (χ1n) is 11.3. The number of benzene rings is 2. The van der Waals surface area contributed by atoms with E-state index in [0.29, 0.717) is 15.7 Å². The van der Waals surface area contributed by atoms with Crippen molar-refractivity contribution in [1.29, 1.82) is 0 Å². The van der Waals surface area contributed by atoms with Crippen LogP contribution in [-0.2, 0) is 26.2 Å². The van der Waals surface area contributed by atoms with E-state index < -0.39 is 21.6 Å². The van der Waals surface area contributed by atoms with Gasteiger partial charge in [-0.25, -0.2) is 8.42 Å². The Bertz CT molecular complexity index is 1130. The Kier molecular flexibility index (Phi) is 10.0. The highest BCUT2D eigenvalue weighted by atomic mass is 35.5. The zero-order valence-electron chi connectivity index (χ0n) is 20.7. The number of hydrogen-bond acceptors (Lipinski definition) is 4. The van der Waals surface area contributed by atoms with Crippen LogP contribution in [0.15, 0.2) is 48.5 Å². The molecule has 7 nitrogen and oxygen atoms in total. The molecule has 0 unspecified atom stereocenters. The largest absolute Gasteiger partial charge is 0.350 e. The molecule has 0 heterocycles. The van der Waals surface area contributed by atoms with E-state index >= 15 is 0 Å². The van der Waals surface area contributed by atoms with Crippen LogP contribution in [0.3, 0.4) is 0 Å². The number of nitrogens with zero attached hydrogens (tertiary/aromatic N) is 2. The second-order valence-electron chi connectivity index (χ2n) is 9.48. The Hall–Kier alpha value is -2.29. The van der Waals surface area contributed by atoms with Crippen LogP contribution in [-0.4, -0.2) is 49.5 Å². The fourth-order valence-corrected chi connectivity index (χ4v) is 4.80. The molecule has 0 aromatic heterocycles. The molecule has 0 saturated carbocycles. The fourth-order valence-electron chi connectivity index (χ4n) is 3.50. The van der Waals surface area contributed by atoms with E-state index in [1.807, 2.05) is 26.8 Å². The maximum Gasteiger partial charge on any atom is 0.242 e. The van der Waals surface area contributed by atoms with Crippen LogP contribution in [0.5, 0.6) is 0 Å². The summed E-state index contributed by atoms with van der Waals surface area (Å²) in [5.74, 6) is -0.530. The standard InChI is InChI=1S/C25H33Cl2N3O4S/c1-18(24(32)28-25(2,3)4)29(17-19-8-6-9-21(27)16-19)23(31)10-7-15-30(35(5,33)34)22-13-11-20(26)12-14-22/h6,8-9,11-14,16,18H,7,10,15,17H2,1-5H3,(H,28,32)/t18-/m0/s1. The van der Waals surface area contributed by atoms with E-state index in [9.17, 15) is 18.0 Å². The monoisotopic (exact) mass is 541 g/mol. The van der Waals surface area contributed by atoms with Crippen molar-refractivity contribution in [2.24, 2.45) is 0 Å². The molecule has 0 bridgehead atoms. The number of amides is 2. The second kappa shape index (κ2) is 12.1. The van der Waals surface area contributed by atoms with Gasteiger partial charge in [0.2, 0.25) is 21.8 Å². The molecule has 0 aliphatic carbocycles. The van der Waals surface area contributed by atoms with Crippen LogP contribution >= 0.6 is 23.2 Å². The van der Waals surface area contributed by atoms with Crippen molar-refractivity contribution in [3.8, 4) is 0 Å². The van der Waals surface area contributed by atoms with Crippen molar-refractivity contribution in [3.63, 3.8) is 0 Å². The van der Waals surface area contributed by atoms with Crippen molar-refractivity contribution < 1.29 is 18.0 Å². The third-order valence-electron chi connectivity index (χ3n) is 5.17. The molecule has 0 aliphatic heterocycles. The molecule has 0 radical (unpaired) electrons. The summed E-state index contributed by atoms with van der Waals surface area (Å²) in [4.78, 5) is 27.6. The SMILES string of the molecule is C[C@@H](C(=O)NC(C)(C)C)N(Cc1cccc(Cl)c1)C(=O)CCCN(c1ccc(Cl)cc1)S(C)(=O)=O. The maximum atomic E-state index is 13.3. The van der Waals surface area contributed by atoms with Crippen molar-refractivity contribution in [1.82, 2.24) is 10.2 Å². The van der Waals surface area contributed by atoms with Gasteiger partial charge < -0.3 is 10.2 Å². The van der Waals surface area contributed by atoms with Gasteiger partial charge >= 0.3 is 0 Å². The summed E-state index contributed by atoms with van der Waals surface area (Å²) >= 11 is 12.0. The molecule has 2 rings (SSSR count). The molecule has 2 amide bonds. The molecule has 2 aromatic rings. The first-order valence-corrected chi connectivity index (χ1v) is 13.9. The summed E-state index contributed by atoms with van der Waals surface area (Å²) in [6.07, 6.45) is 1.45. The molecule has 1 atom stereocenters. The first-order chi connectivity index (χ1) is 16.2. The van der Waals surface area contributed by atoms with Crippen LogP contribution in [0.4, 0.5) is 5.69 Å². The number of carbonyl (C=O) groups is 2. The predicted octanol–water partition coefficient (Wildman–Crippen LogP) is 4.87. The summed E-state index contributed by atoms with van der Waals surface area (Å²) in [6, 6.07) is 12.9. The highest BCUT2D eigenvalue weighted by molar-refractivity contribution is 7.92. The normalized spacial score (nSPS) is 12.7. The lowest BCUT2D eigenvalue weighted by Gasteiger charge is -2.32. The van der Waals surface area contributed by atoms with Gasteiger partial charge in [-0.15, -0.1) is 0 Å². The van der Waals surface area contributed by atoms with Crippen LogP contribution < -0.4 is 9.62 Å². The Morgan fingerprint density at radius 3 is 2.20 bits per heavy atom. The van der Waals surface area contributed by atoms with E-state index in [1.54, 1.807) is 49.4 Å². The summed E-state index contributed by atoms with van der Waals surface area (Å²) < 4.78 is 26.0. The summed E-state index contributed by atoms with van der Waals surface area (Å²) in [5, 5.41) is 3.95. The third-order valence-corrected chi connectivity index (χ3v) is 6.86. The molecule has 0 aliphatic rings. The number of rotatable bonds is 10. The van der Waals surface area contributed by atoms with Gasteiger partial charge in [0.15, 0.2) is 0 Å². The summed E-state index contributed by atoms with van der Waals surface area (Å²) in [6.45, 7) is 7.61. The number of carbonyl (C=O) groups excluding carboxylic acids is 2. The minimum Gasteiger partial charge on any atom is -0.350 e. The van der Waals surface area contributed by atoms with Crippen molar-refractivity contribution in [3.05, 3.63) is 64.1 Å². The van der Waals surface area contributed by atoms with E-state index in [4.69, 9.17) is 23.2 Å². The van der Waals surface area contributed by atoms with E-state index in [0.717, 1.165) is 11.8 Å². The highest BCUT2D eigenvalue weighted by Crippen LogP contribution is 2.22. The van der Waals surface area contributed by atoms with Gasteiger partial charge in [0.25, 0.3) is 0 Å². The lowest BCUT2D eigenvalue weighted by atomic mass is 10.1. The number of nitrogens with one attached hydrogen (secondary N) is 1. The van der Waals surface area contributed by atoms with Gasteiger partial charge in [0, 0.05) is 35.1 Å². The second-order valence-corrected chi connectivity index (χ2v) is 12.3. The number of anilines is 1. The maximum absolute atomic E-state index is 13.3. The molecule has 10 heteroatoms. The Morgan fingerprint density at radius 2 is 1.66 bits per heavy atom. The quantitative estimate of drug-likeness (QED) is 0.464. The number of hydrogen-bond donors (Lipinski definition) is 1. The van der Waals surface area contributed by atoms with Gasteiger partial charge in [-0.1, -0.05) is 35.3 Å². The van der Waals surface area contributed by atoms with Crippen molar-refractivity contribution in [2.75, 3.05) is 17.1 Å². The summed E-state index contributed by atoms with van der Waals surface area (Å²) in [7, 11) is -3.57. The lowest BCUT2D eigenvalue weighted by Crippen LogP contribution is -2.52. The Labute approximate surface area is 218 Å². The van der Waals surface area contributed by atoms with Crippen LogP contribution in [0.2, 0.25) is 10.0 Å². The fraction of sp³-hybridized carbons (Fsp3) is 0.440. The number of sulfonamides is 1. The zero-order chi connectivity index (χ0) is 26.4. The average molecular weight is 543 g/mol. The average Bonchev–Trinajstić information content (AvgIpc) is 2.73. The van der Waals surface area contributed by atoms with Gasteiger partial charge in [-0.2, -0.15) is 0 Å². The van der Waals surface area contributed by atoms with E-state index in [1.165, 1.54) is 9.21 Å². The Morgan fingerprint density at radius 1 is 1.03 bits per heavy atom. The van der Waals surface area contributed by atoms with E-state index in [2.05, 4.69) is 5.32 Å². The van der Waals surface area contributed by atoms with Gasteiger partial charge in [0.05, 0.1) is 11.9 Å². The topological polar surface area (TPSA) is 86.8 Å². The molecule has 192 valence electrons. The molecule has 2 aromatic carbocycles. The van der Waals surface area contributed by atoms with Crippen LogP contribution in [0, 0.1) is 0 Å². The third kappa shape index (κ3) is 9.35. The van der Waals surface area contributed by atoms with E-state index in [-0.39, 0.29) is 37.7 Å². The smallest absolute Gasteiger partial charge is 0.242 e. The highest BCUT2D eigenvalue weighted by Gasteiger charge is 2.28. The molecular formula is C25H33Cl2N3O4S.